The molecule has 2 heterocycles. The highest BCUT2D eigenvalue weighted by molar-refractivity contribution is 5.92. The van der Waals surface area contributed by atoms with Gasteiger partial charge in [0.05, 0.1) is 6.04 Å². The summed E-state index contributed by atoms with van der Waals surface area (Å²) in [6.07, 6.45) is 7.27. The minimum atomic E-state index is -0.299. The number of esters is 1. The lowest BCUT2D eigenvalue weighted by Gasteiger charge is -2.59. The van der Waals surface area contributed by atoms with Crippen molar-refractivity contribution in [1.82, 2.24) is 9.80 Å². The minimum absolute atomic E-state index is 0.00521. The van der Waals surface area contributed by atoms with Gasteiger partial charge < -0.3 is 19.3 Å². The lowest BCUT2D eigenvalue weighted by Crippen LogP contribution is -2.68. The van der Waals surface area contributed by atoms with Gasteiger partial charge in [-0.25, -0.2) is 0 Å². The quantitative estimate of drug-likeness (QED) is 0.385. The highest BCUT2D eigenvalue weighted by atomic mass is 16.5. The first-order valence-corrected chi connectivity index (χ1v) is 12.6. The van der Waals surface area contributed by atoms with Crippen LogP contribution < -0.4 is 9.47 Å². The molecular weight excluding hydrogens is 440 g/mol. The van der Waals surface area contributed by atoms with Gasteiger partial charge in [0.2, 0.25) is 5.91 Å². The predicted molar refractivity (Wildman–Crippen MR) is 133 cm³/mol. The van der Waals surface area contributed by atoms with Gasteiger partial charge in [-0.05, 0) is 69.0 Å². The molecule has 1 spiro atoms. The minimum Gasteiger partial charge on any atom is -0.487 e. The molecule has 2 aliphatic heterocycles. The van der Waals surface area contributed by atoms with Gasteiger partial charge in [-0.15, -0.1) is 0 Å². The molecule has 6 rings (SSSR count). The van der Waals surface area contributed by atoms with Crippen LogP contribution in [0, 0.1) is 5.92 Å². The van der Waals surface area contributed by atoms with Crippen LogP contribution in [0.1, 0.15) is 42.9 Å². The number of ether oxygens (including phenoxy) is 2. The molecule has 2 aromatic carbocycles. The van der Waals surface area contributed by atoms with E-state index in [0.717, 1.165) is 49.1 Å². The lowest BCUT2D eigenvalue weighted by atomic mass is 9.51. The third-order valence-electron chi connectivity index (χ3n) is 8.88. The number of carbonyl (C=O) groups is 2. The second-order valence-corrected chi connectivity index (χ2v) is 10.5. The number of hydrogen-bond acceptors (Lipinski definition) is 5. The fraction of sp³-hybridized carbons (Fsp3) is 0.448. The molecule has 4 aliphatic rings. The molecule has 5 atom stereocenters. The van der Waals surface area contributed by atoms with Crippen molar-refractivity contribution in [2.75, 3.05) is 20.6 Å². The van der Waals surface area contributed by atoms with Crippen molar-refractivity contribution in [3.05, 3.63) is 65.2 Å². The van der Waals surface area contributed by atoms with E-state index in [4.69, 9.17) is 9.47 Å². The standard InChI is InChI=1S/C29H32N2O4/c1-18(32)34-24-12-13-25-27-20(24)17-23-21-10-11-22(28(35-25)29(21,27)15-16-30(23)2)31(3)26(33)14-9-19-7-5-4-6-8-19/h4-9,12-14,21-23,28H,10-11,15-17H2,1-3H3/t21-,22+,23+,28-,29-/m0/s1. The average Bonchev–Trinajstić information content (AvgIpc) is 3.19. The second-order valence-electron chi connectivity index (χ2n) is 10.5. The summed E-state index contributed by atoms with van der Waals surface area (Å²) in [5.41, 5.74) is 3.21. The van der Waals surface area contributed by atoms with Crippen LogP contribution in [-0.4, -0.2) is 60.5 Å². The molecule has 6 heteroatoms. The zero-order chi connectivity index (χ0) is 24.3. The smallest absolute Gasteiger partial charge is 0.308 e. The summed E-state index contributed by atoms with van der Waals surface area (Å²) in [6.45, 7) is 2.45. The molecule has 2 fully saturated rings. The summed E-state index contributed by atoms with van der Waals surface area (Å²) in [5.74, 6) is 1.73. The van der Waals surface area contributed by atoms with Crippen LogP contribution >= 0.6 is 0 Å². The number of amides is 1. The highest BCUT2D eigenvalue weighted by Gasteiger charge is 2.66. The van der Waals surface area contributed by atoms with Crippen molar-refractivity contribution < 1.29 is 19.1 Å². The van der Waals surface area contributed by atoms with Crippen LogP contribution in [0.5, 0.6) is 11.5 Å². The van der Waals surface area contributed by atoms with Gasteiger partial charge in [-0.3, -0.25) is 9.59 Å². The number of piperidine rings is 1. The average molecular weight is 473 g/mol. The molecule has 1 saturated heterocycles. The Labute approximate surface area is 206 Å². The number of carbonyl (C=O) groups excluding carboxylic acids is 2. The van der Waals surface area contributed by atoms with Gasteiger partial charge in [0.1, 0.15) is 17.6 Å². The third kappa shape index (κ3) is 3.33. The Morgan fingerprint density at radius 3 is 2.74 bits per heavy atom. The van der Waals surface area contributed by atoms with Crippen LogP contribution in [0.4, 0.5) is 0 Å². The van der Waals surface area contributed by atoms with Crippen LogP contribution in [-0.2, 0) is 21.4 Å². The summed E-state index contributed by atoms with van der Waals surface area (Å²) in [6, 6.07) is 14.1. The SMILES string of the molecule is CC(=O)Oc1ccc2c3c1C[C@@H]1[C@@H]4CC[C@@H](N(C)C(=O)C=Cc5ccccc5)[C@H](O2)[C@]34CCN1C. The third-order valence-corrected chi connectivity index (χ3v) is 8.88. The second kappa shape index (κ2) is 8.23. The molecule has 2 aromatic rings. The Balaban J connectivity index is 1.37. The largest absolute Gasteiger partial charge is 0.487 e. The van der Waals surface area contributed by atoms with Gasteiger partial charge >= 0.3 is 5.97 Å². The Hall–Kier alpha value is -3.12. The molecule has 2 bridgehead atoms. The Kier molecular flexibility index (Phi) is 5.26. The maximum atomic E-state index is 13.3. The van der Waals surface area contributed by atoms with Crippen LogP contribution in [0.3, 0.4) is 0 Å². The van der Waals surface area contributed by atoms with Gasteiger partial charge in [-0.2, -0.15) is 0 Å². The molecule has 0 aromatic heterocycles. The van der Waals surface area contributed by atoms with Gasteiger partial charge in [0.25, 0.3) is 0 Å². The highest BCUT2D eigenvalue weighted by Crippen LogP contribution is 2.63. The number of benzene rings is 2. The van der Waals surface area contributed by atoms with Crippen LogP contribution in [0.25, 0.3) is 6.08 Å². The molecule has 0 unspecified atom stereocenters. The molecule has 0 radical (unpaired) electrons. The predicted octanol–water partition coefficient (Wildman–Crippen LogP) is 3.82. The van der Waals surface area contributed by atoms with Gasteiger partial charge in [-0.1, -0.05) is 30.3 Å². The summed E-state index contributed by atoms with van der Waals surface area (Å²) in [4.78, 5) is 29.5. The summed E-state index contributed by atoms with van der Waals surface area (Å²) in [7, 11) is 4.12. The number of likely N-dealkylation sites (tertiary alicyclic amines) is 1. The Morgan fingerprint density at radius 1 is 1.17 bits per heavy atom. The van der Waals surface area contributed by atoms with Crippen LogP contribution in [0.15, 0.2) is 48.5 Å². The van der Waals surface area contributed by atoms with Gasteiger partial charge in [0.15, 0.2) is 0 Å². The van der Waals surface area contributed by atoms with E-state index in [0.29, 0.717) is 17.7 Å². The summed E-state index contributed by atoms with van der Waals surface area (Å²) < 4.78 is 12.4. The maximum Gasteiger partial charge on any atom is 0.308 e. The van der Waals surface area contributed by atoms with E-state index in [1.54, 1.807) is 6.08 Å². The summed E-state index contributed by atoms with van der Waals surface area (Å²) >= 11 is 0. The molecule has 2 aliphatic carbocycles. The zero-order valence-electron chi connectivity index (χ0n) is 20.6. The zero-order valence-corrected chi connectivity index (χ0v) is 20.6. The number of likely N-dealkylation sites (N-methyl/N-ethyl adjacent to an activating group) is 2. The first-order valence-electron chi connectivity index (χ1n) is 12.6. The molecule has 35 heavy (non-hydrogen) atoms. The van der Waals surface area contributed by atoms with E-state index in [-0.39, 0.29) is 29.4 Å². The first-order chi connectivity index (χ1) is 16.9. The monoisotopic (exact) mass is 472 g/mol. The van der Waals surface area contributed by atoms with E-state index in [1.165, 1.54) is 12.5 Å². The van der Waals surface area contributed by atoms with E-state index < -0.39 is 0 Å². The normalized spacial score (nSPS) is 30.5. The molecule has 1 saturated carbocycles. The first kappa shape index (κ1) is 22.4. The lowest BCUT2D eigenvalue weighted by molar-refractivity contribution is -0.135. The Morgan fingerprint density at radius 2 is 1.97 bits per heavy atom. The Bertz CT molecular complexity index is 1210. The fourth-order valence-electron chi connectivity index (χ4n) is 7.37. The summed E-state index contributed by atoms with van der Waals surface area (Å²) in [5, 5.41) is 0. The molecular formula is C29H32N2O4. The molecule has 182 valence electrons. The van der Waals surface area contributed by atoms with Crippen molar-refractivity contribution in [3.8, 4) is 11.5 Å². The van der Waals surface area contributed by atoms with Crippen molar-refractivity contribution in [3.63, 3.8) is 0 Å². The van der Waals surface area contributed by atoms with E-state index in [2.05, 4.69) is 11.9 Å². The van der Waals surface area contributed by atoms with E-state index in [9.17, 15) is 9.59 Å². The topological polar surface area (TPSA) is 59.1 Å². The van der Waals surface area contributed by atoms with Crippen molar-refractivity contribution in [2.24, 2.45) is 5.92 Å². The van der Waals surface area contributed by atoms with E-state index >= 15 is 0 Å². The fourth-order valence-corrected chi connectivity index (χ4v) is 7.37. The number of hydrogen-bond donors (Lipinski definition) is 0. The van der Waals surface area contributed by atoms with Crippen molar-refractivity contribution in [2.45, 2.75) is 56.2 Å². The maximum absolute atomic E-state index is 13.3. The molecule has 6 nitrogen and oxygen atoms in total. The number of nitrogens with zero attached hydrogens (tertiary/aromatic N) is 2. The van der Waals surface area contributed by atoms with Crippen molar-refractivity contribution in [1.29, 1.82) is 0 Å². The molecule has 0 N–H and O–H groups in total. The van der Waals surface area contributed by atoms with Crippen LogP contribution in [0.2, 0.25) is 0 Å². The number of rotatable bonds is 4. The van der Waals surface area contributed by atoms with Crippen molar-refractivity contribution >= 4 is 18.0 Å². The van der Waals surface area contributed by atoms with Gasteiger partial charge in [0, 0.05) is 42.6 Å². The van der Waals surface area contributed by atoms with E-state index in [1.807, 2.05) is 60.5 Å². The molecule has 1 amide bonds.